The lowest BCUT2D eigenvalue weighted by atomic mass is 9.93. The molecule has 4 rings (SSSR count). The molecule has 2 aliphatic heterocycles. The van der Waals surface area contributed by atoms with Gasteiger partial charge in [0.1, 0.15) is 11.4 Å². The lowest BCUT2D eigenvalue weighted by Crippen LogP contribution is -2.50. The first-order valence-corrected chi connectivity index (χ1v) is 7.65. The van der Waals surface area contributed by atoms with Crippen molar-refractivity contribution in [3.05, 3.63) is 35.6 Å². The van der Waals surface area contributed by atoms with Crippen molar-refractivity contribution in [3.63, 3.8) is 0 Å². The molecule has 6 nitrogen and oxygen atoms in total. The van der Waals surface area contributed by atoms with Crippen molar-refractivity contribution in [2.45, 2.75) is 30.2 Å². The Bertz CT molecular complexity index is 731. The van der Waals surface area contributed by atoms with E-state index in [1.807, 2.05) is 0 Å². The summed E-state index contributed by atoms with van der Waals surface area (Å²) in [6.45, 7) is 0.516. The highest BCUT2D eigenvalue weighted by atomic mass is 19.1. The Morgan fingerprint density at radius 1 is 1.17 bits per heavy atom. The zero-order valence-electron chi connectivity index (χ0n) is 12.4. The topological polar surface area (TPSA) is 78.5 Å². The van der Waals surface area contributed by atoms with Crippen molar-refractivity contribution >= 4 is 17.8 Å². The fourth-order valence-corrected chi connectivity index (χ4v) is 3.67. The summed E-state index contributed by atoms with van der Waals surface area (Å²) in [5, 5.41) is 4.84. The van der Waals surface area contributed by atoms with Crippen molar-refractivity contribution in [1.29, 1.82) is 0 Å². The number of imide groups is 1. The highest BCUT2D eigenvalue weighted by Gasteiger charge is 2.58. The molecule has 1 atom stereocenters. The van der Waals surface area contributed by atoms with Crippen LogP contribution in [-0.2, 0) is 15.0 Å². The van der Waals surface area contributed by atoms with Crippen LogP contribution in [0.4, 0.5) is 9.18 Å². The van der Waals surface area contributed by atoms with Gasteiger partial charge in [0.05, 0.1) is 12.0 Å². The van der Waals surface area contributed by atoms with E-state index in [4.69, 9.17) is 0 Å². The Morgan fingerprint density at radius 3 is 2.52 bits per heavy atom. The number of likely N-dealkylation sites (tertiary alicyclic amines) is 1. The van der Waals surface area contributed by atoms with Crippen LogP contribution in [0.1, 0.15) is 24.8 Å². The first-order chi connectivity index (χ1) is 11.0. The molecule has 3 aliphatic rings. The Hall–Kier alpha value is -2.44. The van der Waals surface area contributed by atoms with E-state index < -0.39 is 22.9 Å². The zero-order chi connectivity index (χ0) is 16.2. The summed E-state index contributed by atoms with van der Waals surface area (Å²) in [7, 11) is 0. The maximum absolute atomic E-state index is 14.1. The Morgan fingerprint density at radius 2 is 1.91 bits per heavy atom. The van der Waals surface area contributed by atoms with E-state index in [0.29, 0.717) is 31.4 Å². The minimum absolute atomic E-state index is 0.139. The smallest absolute Gasteiger partial charge is 0.322 e. The van der Waals surface area contributed by atoms with Crippen LogP contribution < -0.4 is 10.6 Å². The molecule has 1 aliphatic carbocycles. The van der Waals surface area contributed by atoms with E-state index in [1.54, 1.807) is 23.1 Å². The lowest BCUT2D eigenvalue weighted by molar-refractivity contribution is -0.133. The molecule has 4 amide bonds. The second-order valence-electron chi connectivity index (χ2n) is 6.53. The number of amides is 4. The first-order valence-electron chi connectivity index (χ1n) is 7.65. The third kappa shape index (κ3) is 1.95. The molecule has 0 aromatic heterocycles. The molecule has 1 aromatic carbocycles. The van der Waals surface area contributed by atoms with Crippen LogP contribution in [-0.4, -0.2) is 41.4 Å². The van der Waals surface area contributed by atoms with Crippen molar-refractivity contribution in [2.75, 3.05) is 13.1 Å². The number of hydrogen-bond donors (Lipinski definition) is 2. The maximum Gasteiger partial charge on any atom is 0.322 e. The van der Waals surface area contributed by atoms with Gasteiger partial charge in [-0.05, 0) is 25.3 Å². The second-order valence-corrected chi connectivity index (χ2v) is 6.53. The quantitative estimate of drug-likeness (QED) is 0.787. The van der Waals surface area contributed by atoms with E-state index in [9.17, 15) is 18.8 Å². The largest absolute Gasteiger partial charge is 0.339 e. The fraction of sp³-hybridized carbons (Fsp3) is 0.438. The Balaban J connectivity index is 1.58. The van der Waals surface area contributed by atoms with Gasteiger partial charge in [0.15, 0.2) is 0 Å². The van der Waals surface area contributed by atoms with E-state index in [0.717, 1.165) is 0 Å². The number of halogens is 1. The van der Waals surface area contributed by atoms with Gasteiger partial charge < -0.3 is 10.2 Å². The summed E-state index contributed by atoms with van der Waals surface area (Å²) < 4.78 is 14.1. The predicted molar refractivity (Wildman–Crippen MR) is 77.9 cm³/mol. The van der Waals surface area contributed by atoms with Crippen LogP contribution in [0.15, 0.2) is 24.3 Å². The van der Waals surface area contributed by atoms with Crippen molar-refractivity contribution in [2.24, 2.45) is 0 Å². The molecular weight excluding hydrogens is 301 g/mol. The third-order valence-electron chi connectivity index (χ3n) is 5.12. The van der Waals surface area contributed by atoms with Gasteiger partial charge in [-0.15, -0.1) is 0 Å². The first kappa shape index (κ1) is 14.2. The molecule has 0 bridgehead atoms. The number of nitrogens with zero attached hydrogens (tertiary/aromatic N) is 1. The van der Waals surface area contributed by atoms with E-state index in [1.165, 1.54) is 6.07 Å². The normalized spacial score (nSPS) is 28.0. The number of carbonyl (C=O) groups is 3. The summed E-state index contributed by atoms with van der Waals surface area (Å²) in [6.07, 6.45) is 1.59. The highest BCUT2D eigenvalue weighted by Crippen LogP contribution is 2.51. The molecule has 23 heavy (non-hydrogen) atoms. The van der Waals surface area contributed by atoms with Crippen molar-refractivity contribution in [1.82, 2.24) is 15.5 Å². The molecule has 120 valence electrons. The highest BCUT2D eigenvalue weighted by molar-refractivity contribution is 6.08. The van der Waals surface area contributed by atoms with Crippen LogP contribution in [0.5, 0.6) is 0 Å². The van der Waals surface area contributed by atoms with Gasteiger partial charge in [-0.2, -0.15) is 0 Å². The van der Waals surface area contributed by atoms with Crippen LogP contribution in [0.25, 0.3) is 0 Å². The molecular formula is C16H16FN3O3. The lowest BCUT2D eigenvalue weighted by Gasteiger charge is -2.25. The molecule has 2 saturated heterocycles. The standard InChI is InChI=1S/C16H16FN3O3/c17-11-4-2-1-3-10(11)15(5-6-15)13(22)20-8-7-16(9-20)12(21)18-14(23)19-16/h1-4H,5-9H2,(H2,18,19,21,23). The van der Waals surface area contributed by atoms with Crippen LogP contribution in [0.2, 0.25) is 0 Å². The molecule has 2 N–H and O–H groups in total. The van der Waals surface area contributed by atoms with E-state index >= 15 is 0 Å². The van der Waals surface area contributed by atoms with Gasteiger partial charge in [0, 0.05) is 12.1 Å². The third-order valence-corrected chi connectivity index (χ3v) is 5.12. The molecule has 2 heterocycles. The Kier molecular flexibility index (Phi) is 2.79. The molecule has 1 spiro atoms. The summed E-state index contributed by atoms with van der Waals surface area (Å²) in [4.78, 5) is 37.8. The maximum atomic E-state index is 14.1. The molecule has 3 fully saturated rings. The second kappa shape index (κ2) is 4.53. The summed E-state index contributed by atoms with van der Waals surface area (Å²) in [5.41, 5.74) is -1.42. The minimum Gasteiger partial charge on any atom is -0.339 e. The monoisotopic (exact) mass is 317 g/mol. The average Bonchev–Trinajstić information content (AvgIpc) is 3.13. The average molecular weight is 317 g/mol. The number of urea groups is 1. The molecule has 7 heteroatoms. The van der Waals surface area contributed by atoms with Crippen LogP contribution in [0, 0.1) is 5.82 Å². The zero-order valence-corrected chi connectivity index (χ0v) is 12.4. The van der Waals surface area contributed by atoms with E-state index in [2.05, 4.69) is 10.6 Å². The van der Waals surface area contributed by atoms with Gasteiger partial charge in [-0.3, -0.25) is 14.9 Å². The van der Waals surface area contributed by atoms with Gasteiger partial charge in [-0.25, -0.2) is 9.18 Å². The SMILES string of the molecule is O=C1NC(=O)C2(CCN(C(=O)C3(c4ccccc4F)CC3)C2)N1. The van der Waals surface area contributed by atoms with Crippen LogP contribution >= 0.6 is 0 Å². The summed E-state index contributed by atoms with van der Waals surface area (Å²) in [6, 6.07) is 5.80. The number of benzene rings is 1. The fourth-order valence-electron chi connectivity index (χ4n) is 3.67. The van der Waals surface area contributed by atoms with E-state index in [-0.39, 0.29) is 18.3 Å². The van der Waals surface area contributed by atoms with Crippen molar-refractivity contribution < 1.29 is 18.8 Å². The molecule has 1 aromatic rings. The Labute approximate surface area is 132 Å². The number of carbonyl (C=O) groups excluding carboxylic acids is 3. The summed E-state index contributed by atoms with van der Waals surface area (Å²) in [5.74, 6) is -0.930. The molecule has 1 unspecified atom stereocenters. The van der Waals surface area contributed by atoms with Gasteiger partial charge in [0.2, 0.25) is 5.91 Å². The van der Waals surface area contributed by atoms with Gasteiger partial charge in [0.25, 0.3) is 5.91 Å². The number of hydrogen-bond acceptors (Lipinski definition) is 3. The molecule has 0 radical (unpaired) electrons. The summed E-state index contributed by atoms with van der Waals surface area (Å²) >= 11 is 0. The number of rotatable bonds is 2. The van der Waals surface area contributed by atoms with Gasteiger partial charge in [-0.1, -0.05) is 18.2 Å². The molecule has 1 saturated carbocycles. The van der Waals surface area contributed by atoms with Crippen molar-refractivity contribution in [3.8, 4) is 0 Å². The van der Waals surface area contributed by atoms with Crippen LogP contribution in [0.3, 0.4) is 0 Å². The predicted octanol–water partition coefficient (Wildman–Crippen LogP) is 0.668. The minimum atomic E-state index is -1.03. The van der Waals surface area contributed by atoms with Gasteiger partial charge >= 0.3 is 6.03 Å². The number of nitrogens with one attached hydrogen (secondary N) is 2.